The van der Waals surface area contributed by atoms with Crippen molar-refractivity contribution >= 4 is 12.6 Å². The molecule has 0 atom stereocenters. The van der Waals surface area contributed by atoms with E-state index in [9.17, 15) is 4.39 Å². The molecule has 1 aliphatic heterocycles. The molecule has 0 N–H and O–H groups in total. The lowest BCUT2D eigenvalue weighted by Crippen LogP contribution is -2.41. The molecule has 116 valence electrons. The molecule has 0 aromatic heterocycles. The lowest BCUT2D eigenvalue weighted by Gasteiger charge is -2.32. The number of ether oxygens (including phenoxy) is 1. The van der Waals surface area contributed by atoms with Gasteiger partial charge in [0, 0.05) is 5.46 Å². The van der Waals surface area contributed by atoms with Gasteiger partial charge in [-0.3, -0.25) is 0 Å². The van der Waals surface area contributed by atoms with E-state index in [1.165, 1.54) is 6.07 Å². The van der Waals surface area contributed by atoms with Gasteiger partial charge in [-0.1, -0.05) is 25.5 Å². The van der Waals surface area contributed by atoms with E-state index in [4.69, 9.17) is 14.0 Å². The number of hydrogen-bond donors (Lipinski definition) is 0. The van der Waals surface area contributed by atoms with Crippen LogP contribution in [-0.4, -0.2) is 24.9 Å². The predicted octanol–water partition coefficient (Wildman–Crippen LogP) is 3.30. The minimum absolute atomic E-state index is 0.240. The van der Waals surface area contributed by atoms with Gasteiger partial charge in [-0.2, -0.15) is 0 Å². The Morgan fingerprint density at radius 1 is 1.14 bits per heavy atom. The Kier molecular flexibility index (Phi) is 4.64. The van der Waals surface area contributed by atoms with E-state index < -0.39 is 18.3 Å². The van der Waals surface area contributed by atoms with E-state index in [0.717, 1.165) is 12.8 Å². The third kappa shape index (κ3) is 3.24. The van der Waals surface area contributed by atoms with Crippen molar-refractivity contribution in [2.24, 2.45) is 0 Å². The molecule has 1 heterocycles. The van der Waals surface area contributed by atoms with Crippen molar-refractivity contribution in [2.75, 3.05) is 6.61 Å². The quantitative estimate of drug-likeness (QED) is 0.616. The van der Waals surface area contributed by atoms with Crippen LogP contribution in [0.5, 0.6) is 5.75 Å². The molecule has 0 bridgehead atoms. The molecule has 0 amide bonds. The molecular formula is C16H24BFO3. The first-order chi connectivity index (χ1) is 9.78. The first-order valence-corrected chi connectivity index (χ1v) is 7.55. The summed E-state index contributed by atoms with van der Waals surface area (Å²) in [4.78, 5) is 0. The summed E-state index contributed by atoms with van der Waals surface area (Å²) in [6.07, 6.45) is 1.89. The van der Waals surface area contributed by atoms with Crippen molar-refractivity contribution < 1.29 is 18.4 Å². The van der Waals surface area contributed by atoms with E-state index in [1.807, 2.05) is 27.7 Å². The summed E-state index contributed by atoms with van der Waals surface area (Å²) < 4.78 is 31.7. The standard InChI is InChI=1S/C16H24BFO3/c1-6-7-11-19-14-12(9-8-10-13(14)18)17-20-15(2,3)16(4,5)21-17/h8-10H,6-7,11H2,1-5H3. The lowest BCUT2D eigenvalue weighted by molar-refractivity contribution is 0.00578. The number of para-hydroxylation sites is 1. The molecule has 1 aromatic rings. The maximum atomic E-state index is 14.1. The van der Waals surface area contributed by atoms with Gasteiger partial charge < -0.3 is 14.0 Å². The predicted molar refractivity (Wildman–Crippen MR) is 82.5 cm³/mol. The zero-order valence-electron chi connectivity index (χ0n) is 13.5. The summed E-state index contributed by atoms with van der Waals surface area (Å²) in [5, 5.41) is 0. The monoisotopic (exact) mass is 294 g/mol. The number of unbranched alkanes of at least 4 members (excludes halogenated alkanes) is 1. The summed E-state index contributed by atoms with van der Waals surface area (Å²) in [5.41, 5.74) is -0.292. The van der Waals surface area contributed by atoms with Gasteiger partial charge in [0.25, 0.3) is 0 Å². The Bertz CT molecular complexity index is 486. The molecule has 1 aromatic carbocycles. The van der Waals surface area contributed by atoms with E-state index in [1.54, 1.807) is 12.1 Å². The summed E-state index contributed by atoms with van der Waals surface area (Å²) in [7, 11) is -0.609. The van der Waals surface area contributed by atoms with Crippen LogP contribution in [0.3, 0.4) is 0 Å². The fraction of sp³-hybridized carbons (Fsp3) is 0.625. The number of hydrogen-bond acceptors (Lipinski definition) is 3. The maximum absolute atomic E-state index is 14.1. The second-order valence-corrected chi connectivity index (χ2v) is 6.45. The maximum Gasteiger partial charge on any atom is 0.498 e. The van der Waals surface area contributed by atoms with Gasteiger partial charge in [0.1, 0.15) is 0 Å². The van der Waals surface area contributed by atoms with Gasteiger partial charge in [-0.25, -0.2) is 4.39 Å². The molecule has 3 nitrogen and oxygen atoms in total. The SMILES string of the molecule is CCCCOc1c(F)cccc1B1OC(C)(C)C(C)(C)O1. The van der Waals surface area contributed by atoms with E-state index in [-0.39, 0.29) is 11.6 Å². The van der Waals surface area contributed by atoms with Crippen LogP contribution >= 0.6 is 0 Å². The van der Waals surface area contributed by atoms with Crippen LogP contribution in [0.4, 0.5) is 4.39 Å². The van der Waals surface area contributed by atoms with Crippen molar-refractivity contribution in [1.82, 2.24) is 0 Å². The summed E-state index contributed by atoms with van der Waals surface area (Å²) in [6, 6.07) is 4.85. The molecule has 0 unspecified atom stereocenters. The van der Waals surface area contributed by atoms with Crippen LogP contribution < -0.4 is 10.2 Å². The molecule has 1 aliphatic rings. The molecule has 1 saturated heterocycles. The Morgan fingerprint density at radius 3 is 2.33 bits per heavy atom. The minimum Gasteiger partial charge on any atom is -0.491 e. The molecule has 5 heteroatoms. The lowest BCUT2D eigenvalue weighted by atomic mass is 9.78. The number of benzene rings is 1. The number of rotatable bonds is 5. The fourth-order valence-corrected chi connectivity index (χ4v) is 2.15. The van der Waals surface area contributed by atoms with Gasteiger partial charge in [0.2, 0.25) is 0 Å². The van der Waals surface area contributed by atoms with Crippen LogP contribution in [0.2, 0.25) is 0 Å². The fourth-order valence-electron chi connectivity index (χ4n) is 2.15. The summed E-state index contributed by atoms with van der Waals surface area (Å²) in [6.45, 7) is 10.5. The highest BCUT2D eigenvalue weighted by Gasteiger charge is 2.52. The van der Waals surface area contributed by atoms with E-state index in [0.29, 0.717) is 12.1 Å². The van der Waals surface area contributed by atoms with Gasteiger partial charge in [-0.15, -0.1) is 0 Å². The topological polar surface area (TPSA) is 27.7 Å². The second kappa shape index (κ2) is 5.97. The Hall–Kier alpha value is -1.07. The molecule has 21 heavy (non-hydrogen) atoms. The highest BCUT2D eigenvalue weighted by Crippen LogP contribution is 2.37. The van der Waals surface area contributed by atoms with Crippen LogP contribution in [0, 0.1) is 5.82 Å². The third-order valence-electron chi connectivity index (χ3n) is 4.25. The van der Waals surface area contributed by atoms with Gasteiger partial charge in [-0.05, 0) is 40.2 Å². The van der Waals surface area contributed by atoms with Crippen molar-refractivity contribution in [3.63, 3.8) is 0 Å². The van der Waals surface area contributed by atoms with Gasteiger partial charge in [0.05, 0.1) is 17.8 Å². The van der Waals surface area contributed by atoms with Crippen molar-refractivity contribution in [3.8, 4) is 5.75 Å². The highest BCUT2D eigenvalue weighted by atomic mass is 19.1. The van der Waals surface area contributed by atoms with Crippen LogP contribution in [0.15, 0.2) is 18.2 Å². The van der Waals surface area contributed by atoms with E-state index >= 15 is 0 Å². The van der Waals surface area contributed by atoms with Crippen molar-refractivity contribution in [1.29, 1.82) is 0 Å². The molecule has 0 spiro atoms. The molecule has 0 saturated carbocycles. The summed E-state index contributed by atoms with van der Waals surface area (Å²) in [5.74, 6) is -0.136. The molecule has 1 fully saturated rings. The average molecular weight is 294 g/mol. The Labute approximate surface area is 126 Å². The second-order valence-electron chi connectivity index (χ2n) is 6.45. The highest BCUT2D eigenvalue weighted by molar-refractivity contribution is 6.63. The molecular weight excluding hydrogens is 270 g/mol. The normalized spacial score (nSPS) is 19.8. The first kappa shape index (κ1) is 16.3. The van der Waals surface area contributed by atoms with E-state index in [2.05, 4.69) is 6.92 Å². The smallest absolute Gasteiger partial charge is 0.491 e. The Balaban J connectivity index is 2.26. The largest absolute Gasteiger partial charge is 0.498 e. The van der Waals surface area contributed by atoms with Crippen molar-refractivity contribution in [2.45, 2.75) is 58.7 Å². The number of halogens is 1. The van der Waals surface area contributed by atoms with Gasteiger partial charge in [0.15, 0.2) is 11.6 Å². The zero-order valence-corrected chi connectivity index (χ0v) is 13.5. The van der Waals surface area contributed by atoms with Crippen molar-refractivity contribution in [3.05, 3.63) is 24.0 Å². The zero-order chi connectivity index (χ0) is 15.7. The van der Waals surface area contributed by atoms with Crippen LogP contribution in [-0.2, 0) is 9.31 Å². The average Bonchev–Trinajstić information content (AvgIpc) is 2.60. The first-order valence-electron chi connectivity index (χ1n) is 7.55. The molecule has 2 rings (SSSR count). The van der Waals surface area contributed by atoms with Gasteiger partial charge >= 0.3 is 7.12 Å². The van der Waals surface area contributed by atoms with Crippen LogP contribution in [0.1, 0.15) is 47.5 Å². The molecule has 0 radical (unpaired) electrons. The molecule has 0 aliphatic carbocycles. The third-order valence-corrected chi connectivity index (χ3v) is 4.25. The Morgan fingerprint density at radius 2 is 1.76 bits per heavy atom. The van der Waals surface area contributed by atoms with Crippen LogP contribution in [0.25, 0.3) is 0 Å². The minimum atomic E-state index is -0.609. The summed E-state index contributed by atoms with van der Waals surface area (Å²) >= 11 is 0.